The summed E-state index contributed by atoms with van der Waals surface area (Å²) in [4.78, 5) is 4.57. The number of rotatable bonds is 5. The van der Waals surface area contributed by atoms with Gasteiger partial charge in [-0.15, -0.1) is 0 Å². The van der Waals surface area contributed by atoms with E-state index in [1.54, 1.807) is 0 Å². The number of ether oxygens (including phenoxy) is 3. The summed E-state index contributed by atoms with van der Waals surface area (Å²) in [6.45, 7) is 4.49. The first-order valence-electron chi connectivity index (χ1n) is 10.4. The Hall–Kier alpha value is -2.70. The van der Waals surface area contributed by atoms with Gasteiger partial charge in [-0.05, 0) is 44.4 Å². The lowest BCUT2D eigenvalue weighted by molar-refractivity contribution is 0.0527. The maximum absolute atomic E-state index is 12.5. The quantitative estimate of drug-likeness (QED) is 0.417. The zero-order valence-corrected chi connectivity index (χ0v) is 19.0. The highest BCUT2D eigenvalue weighted by atomic mass is 35.5. The molecule has 170 valence electrons. The molecule has 0 saturated carbocycles. The van der Waals surface area contributed by atoms with Crippen LogP contribution in [0.3, 0.4) is 0 Å². The maximum Gasteiger partial charge on any atom is 0.200 e. The molecule has 1 aromatic heterocycles. The topological polar surface area (TPSA) is 40.6 Å². The van der Waals surface area contributed by atoms with E-state index in [4.69, 9.17) is 21.1 Å². The Balaban J connectivity index is 0.000000243. The Morgan fingerprint density at radius 3 is 2.44 bits per heavy atom. The third-order valence-electron chi connectivity index (χ3n) is 5.04. The minimum absolute atomic E-state index is 0.0463. The normalized spacial score (nSPS) is 17.4. The molecular weight excluding hydrogens is 436 g/mol. The van der Waals surface area contributed by atoms with Crippen molar-refractivity contribution in [2.75, 3.05) is 7.11 Å². The van der Waals surface area contributed by atoms with Crippen molar-refractivity contribution in [2.45, 2.75) is 45.5 Å². The summed E-state index contributed by atoms with van der Waals surface area (Å²) >= 11 is 6.34. The van der Waals surface area contributed by atoms with Crippen molar-refractivity contribution in [2.24, 2.45) is 0 Å². The minimum atomic E-state index is -0.940. The summed E-state index contributed by atoms with van der Waals surface area (Å²) in [5.74, 6) is -1.22. The molecule has 2 heterocycles. The molecule has 1 aliphatic rings. The van der Waals surface area contributed by atoms with Crippen LogP contribution in [0, 0.1) is 18.6 Å². The van der Waals surface area contributed by atoms with Crippen molar-refractivity contribution < 1.29 is 23.0 Å². The molecule has 4 nitrogen and oxygen atoms in total. The molecule has 7 heteroatoms. The molecule has 1 fully saturated rings. The van der Waals surface area contributed by atoms with E-state index in [0.29, 0.717) is 17.4 Å². The van der Waals surface area contributed by atoms with Crippen LogP contribution in [0.15, 0.2) is 54.6 Å². The first kappa shape index (κ1) is 24.0. The zero-order valence-electron chi connectivity index (χ0n) is 18.3. The Morgan fingerprint density at radius 1 is 1.06 bits per heavy atom. The standard InChI is InChI=1S/C18H20ClNO2.C7H6F2O/c1-12-8-9-16(22-12)15-10-17(18(19)13(2)20-15)21-11-14-6-4-3-5-7-14;1-10-6-4-2-3-5(8)7(6)9/h3-7,10,12,16H,8-9,11H2,1-2H3;2-4H,1H3. The summed E-state index contributed by atoms with van der Waals surface area (Å²) in [5, 5.41) is 0.575. The molecule has 0 N–H and O–H groups in total. The number of halogens is 3. The van der Waals surface area contributed by atoms with Gasteiger partial charge in [0.2, 0.25) is 5.82 Å². The van der Waals surface area contributed by atoms with Gasteiger partial charge in [-0.25, -0.2) is 4.39 Å². The number of hydrogen-bond acceptors (Lipinski definition) is 4. The van der Waals surface area contributed by atoms with Crippen LogP contribution in [-0.4, -0.2) is 18.2 Å². The van der Waals surface area contributed by atoms with E-state index in [1.165, 1.54) is 19.2 Å². The first-order chi connectivity index (χ1) is 15.4. The van der Waals surface area contributed by atoms with Crippen LogP contribution in [-0.2, 0) is 11.3 Å². The summed E-state index contributed by atoms with van der Waals surface area (Å²) in [6.07, 6.45) is 2.39. The Labute approximate surface area is 192 Å². The second-order valence-electron chi connectivity index (χ2n) is 7.49. The van der Waals surface area contributed by atoms with Crippen LogP contribution in [0.5, 0.6) is 11.5 Å². The number of hydrogen-bond donors (Lipinski definition) is 0. The van der Waals surface area contributed by atoms with Crippen molar-refractivity contribution in [1.82, 2.24) is 4.98 Å². The number of methoxy groups -OCH3 is 1. The highest BCUT2D eigenvalue weighted by Gasteiger charge is 2.26. The lowest BCUT2D eigenvalue weighted by atomic mass is 10.1. The highest BCUT2D eigenvalue weighted by Crippen LogP contribution is 2.36. The number of aryl methyl sites for hydroxylation is 1. The minimum Gasteiger partial charge on any atom is -0.494 e. The van der Waals surface area contributed by atoms with Crippen molar-refractivity contribution in [3.05, 3.63) is 88.2 Å². The van der Waals surface area contributed by atoms with Gasteiger partial charge in [-0.1, -0.05) is 48.0 Å². The summed E-state index contributed by atoms with van der Waals surface area (Å²) < 4.78 is 41.1. The number of aromatic nitrogens is 1. The van der Waals surface area contributed by atoms with Crippen LogP contribution >= 0.6 is 11.6 Å². The van der Waals surface area contributed by atoms with Crippen molar-refractivity contribution in [3.8, 4) is 11.5 Å². The third-order valence-corrected chi connectivity index (χ3v) is 5.50. The average molecular weight is 462 g/mol. The van der Waals surface area contributed by atoms with E-state index in [1.807, 2.05) is 43.3 Å². The summed E-state index contributed by atoms with van der Waals surface area (Å²) in [5.41, 5.74) is 2.81. The van der Waals surface area contributed by atoms with Gasteiger partial charge < -0.3 is 14.2 Å². The molecule has 2 aromatic carbocycles. The lowest BCUT2D eigenvalue weighted by Crippen LogP contribution is -2.06. The van der Waals surface area contributed by atoms with Crippen LogP contribution < -0.4 is 9.47 Å². The van der Waals surface area contributed by atoms with Gasteiger partial charge in [0.15, 0.2) is 11.6 Å². The maximum atomic E-state index is 12.5. The van der Waals surface area contributed by atoms with Gasteiger partial charge in [0, 0.05) is 6.07 Å². The molecule has 0 bridgehead atoms. The van der Waals surface area contributed by atoms with E-state index in [2.05, 4.69) is 16.6 Å². The zero-order chi connectivity index (χ0) is 23.1. The smallest absolute Gasteiger partial charge is 0.200 e. The molecule has 3 aromatic rings. The second kappa shape index (κ2) is 11.2. The fourth-order valence-electron chi connectivity index (χ4n) is 3.32. The molecule has 4 rings (SSSR count). The van der Waals surface area contributed by atoms with Gasteiger partial charge >= 0.3 is 0 Å². The van der Waals surface area contributed by atoms with Crippen molar-refractivity contribution in [1.29, 1.82) is 0 Å². The highest BCUT2D eigenvalue weighted by molar-refractivity contribution is 6.32. The molecule has 0 radical (unpaired) electrons. The molecule has 2 atom stereocenters. The predicted molar refractivity (Wildman–Crippen MR) is 120 cm³/mol. The Bertz CT molecular complexity index is 1030. The SMILES string of the molecule is COc1cccc(F)c1F.Cc1nc(C2CCC(C)O2)cc(OCc2ccccc2)c1Cl. The van der Waals surface area contributed by atoms with E-state index in [-0.39, 0.29) is 18.0 Å². The van der Waals surface area contributed by atoms with Gasteiger partial charge in [0.05, 0.1) is 24.6 Å². The fourth-order valence-corrected chi connectivity index (χ4v) is 3.47. The number of nitrogens with zero attached hydrogens (tertiary/aromatic N) is 1. The predicted octanol–water partition coefficient (Wildman–Crippen LogP) is 6.84. The summed E-state index contributed by atoms with van der Waals surface area (Å²) in [7, 11) is 1.29. The van der Waals surface area contributed by atoms with Crippen molar-refractivity contribution in [3.63, 3.8) is 0 Å². The van der Waals surface area contributed by atoms with Gasteiger partial charge in [0.1, 0.15) is 23.5 Å². The van der Waals surface area contributed by atoms with E-state index < -0.39 is 11.6 Å². The largest absolute Gasteiger partial charge is 0.494 e. The number of pyridine rings is 1. The molecule has 1 aliphatic heterocycles. The number of benzene rings is 2. The van der Waals surface area contributed by atoms with E-state index in [0.717, 1.165) is 35.9 Å². The first-order valence-corrected chi connectivity index (χ1v) is 10.7. The van der Waals surface area contributed by atoms with E-state index >= 15 is 0 Å². The van der Waals surface area contributed by atoms with Gasteiger partial charge in [0.25, 0.3) is 0 Å². The lowest BCUT2D eigenvalue weighted by Gasteiger charge is -2.15. The molecule has 2 unspecified atom stereocenters. The fraction of sp³-hybridized carbons (Fsp3) is 0.320. The molecule has 0 amide bonds. The molecule has 0 spiro atoms. The van der Waals surface area contributed by atoms with Crippen LogP contribution in [0.25, 0.3) is 0 Å². The van der Waals surface area contributed by atoms with Crippen LogP contribution in [0.2, 0.25) is 5.02 Å². The van der Waals surface area contributed by atoms with Gasteiger partial charge in [-0.3, -0.25) is 4.98 Å². The monoisotopic (exact) mass is 461 g/mol. The Morgan fingerprint density at radius 2 is 1.81 bits per heavy atom. The third kappa shape index (κ3) is 6.17. The Kier molecular flexibility index (Phi) is 8.42. The van der Waals surface area contributed by atoms with E-state index in [9.17, 15) is 8.78 Å². The average Bonchev–Trinajstić information content (AvgIpc) is 3.24. The second-order valence-corrected chi connectivity index (χ2v) is 7.87. The van der Waals surface area contributed by atoms with Crippen LogP contribution in [0.1, 0.15) is 42.8 Å². The molecule has 0 aliphatic carbocycles. The molecule has 1 saturated heterocycles. The van der Waals surface area contributed by atoms with Crippen molar-refractivity contribution >= 4 is 11.6 Å². The van der Waals surface area contributed by atoms with Gasteiger partial charge in [-0.2, -0.15) is 4.39 Å². The molecular formula is C25H26ClF2NO3. The summed E-state index contributed by atoms with van der Waals surface area (Å²) in [6, 6.07) is 15.8. The van der Waals surface area contributed by atoms with Crippen LogP contribution in [0.4, 0.5) is 8.78 Å². The molecule has 32 heavy (non-hydrogen) atoms.